The maximum absolute atomic E-state index is 4.33. The lowest BCUT2D eigenvalue weighted by molar-refractivity contribution is 0.483. The van der Waals surface area contributed by atoms with Crippen LogP contribution in [0, 0.1) is 5.92 Å². The van der Waals surface area contributed by atoms with Crippen LogP contribution >= 0.6 is 0 Å². The largest absolute Gasteiger partial charge is 0.309 e. The third-order valence-corrected chi connectivity index (χ3v) is 2.42. The molecule has 0 amide bonds. The van der Waals surface area contributed by atoms with Crippen LogP contribution in [0.15, 0.2) is 18.6 Å². The molecule has 70 valence electrons. The lowest BCUT2D eigenvalue weighted by Crippen LogP contribution is -2.23. The van der Waals surface area contributed by atoms with Gasteiger partial charge in [0.25, 0.3) is 0 Å². The molecule has 3 nitrogen and oxygen atoms in total. The highest BCUT2D eigenvalue weighted by molar-refractivity contribution is 5.07. The van der Waals surface area contributed by atoms with Crippen molar-refractivity contribution in [3.05, 3.63) is 24.3 Å². The number of hydrogen-bond donors (Lipinski definition) is 1. The minimum absolute atomic E-state index is 0.429. The summed E-state index contributed by atoms with van der Waals surface area (Å²) in [4.78, 5) is 8.43. The molecule has 0 bridgehead atoms. The van der Waals surface area contributed by atoms with Gasteiger partial charge in [-0.2, -0.15) is 0 Å². The Morgan fingerprint density at radius 2 is 2.38 bits per heavy atom. The van der Waals surface area contributed by atoms with Gasteiger partial charge in [-0.3, -0.25) is 9.97 Å². The molecule has 3 heteroatoms. The van der Waals surface area contributed by atoms with Gasteiger partial charge in [0, 0.05) is 18.6 Å². The average Bonchev–Trinajstić information content (AvgIpc) is 2.99. The molecule has 1 N–H and O–H groups in total. The lowest BCUT2D eigenvalue weighted by Gasteiger charge is -2.15. The molecule has 0 saturated heterocycles. The highest BCUT2D eigenvalue weighted by Crippen LogP contribution is 2.39. The van der Waals surface area contributed by atoms with Gasteiger partial charge in [-0.25, -0.2) is 0 Å². The first-order chi connectivity index (χ1) is 6.42. The number of hydrogen-bond acceptors (Lipinski definition) is 3. The zero-order valence-corrected chi connectivity index (χ0v) is 7.90. The van der Waals surface area contributed by atoms with Crippen LogP contribution in [0.5, 0.6) is 0 Å². The summed E-state index contributed by atoms with van der Waals surface area (Å²) in [5, 5.41) is 3.46. The Bertz CT molecular complexity index is 256. The highest BCUT2D eigenvalue weighted by atomic mass is 15.0. The quantitative estimate of drug-likeness (QED) is 0.758. The molecular weight excluding hydrogens is 162 g/mol. The van der Waals surface area contributed by atoms with Crippen LogP contribution in [0.3, 0.4) is 0 Å². The highest BCUT2D eigenvalue weighted by Gasteiger charge is 2.32. The van der Waals surface area contributed by atoms with E-state index in [-0.39, 0.29) is 0 Å². The molecular formula is C10H15N3. The molecule has 1 saturated carbocycles. The van der Waals surface area contributed by atoms with Gasteiger partial charge in [-0.1, -0.05) is 6.92 Å². The normalized spacial score (nSPS) is 18.5. The van der Waals surface area contributed by atoms with Crippen LogP contribution in [0.2, 0.25) is 0 Å². The van der Waals surface area contributed by atoms with Gasteiger partial charge in [0.2, 0.25) is 0 Å². The van der Waals surface area contributed by atoms with E-state index in [0.29, 0.717) is 6.04 Å². The number of nitrogens with zero attached hydrogens (tertiary/aromatic N) is 2. The van der Waals surface area contributed by atoms with Crippen molar-refractivity contribution in [3.63, 3.8) is 0 Å². The number of aromatic nitrogens is 2. The van der Waals surface area contributed by atoms with E-state index < -0.39 is 0 Å². The first-order valence-corrected chi connectivity index (χ1v) is 4.91. The summed E-state index contributed by atoms with van der Waals surface area (Å²) in [5.41, 5.74) is 1.09. The summed E-state index contributed by atoms with van der Waals surface area (Å²) >= 11 is 0. The molecule has 0 aliphatic heterocycles. The van der Waals surface area contributed by atoms with Gasteiger partial charge in [0.05, 0.1) is 11.7 Å². The second kappa shape index (κ2) is 3.83. The van der Waals surface area contributed by atoms with Crippen LogP contribution in [0.25, 0.3) is 0 Å². The first-order valence-electron chi connectivity index (χ1n) is 4.91. The average molecular weight is 177 g/mol. The molecule has 1 aromatic rings. The van der Waals surface area contributed by atoms with Crippen molar-refractivity contribution in [3.8, 4) is 0 Å². The molecule has 1 unspecified atom stereocenters. The van der Waals surface area contributed by atoms with Crippen molar-refractivity contribution in [1.29, 1.82) is 0 Å². The van der Waals surface area contributed by atoms with Crippen LogP contribution in [-0.4, -0.2) is 16.5 Å². The molecule has 1 aliphatic carbocycles. The van der Waals surface area contributed by atoms with Crippen molar-refractivity contribution in [2.24, 2.45) is 5.92 Å². The van der Waals surface area contributed by atoms with E-state index in [1.165, 1.54) is 12.8 Å². The molecule has 1 fully saturated rings. The number of rotatable bonds is 4. The fourth-order valence-electron chi connectivity index (χ4n) is 1.63. The fraction of sp³-hybridized carbons (Fsp3) is 0.600. The Morgan fingerprint density at radius 3 is 2.92 bits per heavy atom. The summed E-state index contributed by atoms with van der Waals surface area (Å²) in [5.74, 6) is 0.789. The Morgan fingerprint density at radius 1 is 1.54 bits per heavy atom. The molecule has 2 rings (SSSR count). The maximum atomic E-state index is 4.33. The van der Waals surface area contributed by atoms with E-state index >= 15 is 0 Å². The Kier molecular flexibility index (Phi) is 2.54. The molecule has 0 spiro atoms. The molecule has 0 aromatic carbocycles. The standard InChI is InChI=1S/C10H15N3/c1-2-12-10(8-3-4-8)9-7-11-5-6-13-9/h5-8,10,12H,2-4H2,1H3. The van der Waals surface area contributed by atoms with Crippen LogP contribution in [0.1, 0.15) is 31.5 Å². The summed E-state index contributed by atoms with van der Waals surface area (Å²) in [6.45, 7) is 3.13. The van der Waals surface area contributed by atoms with Crippen molar-refractivity contribution < 1.29 is 0 Å². The van der Waals surface area contributed by atoms with E-state index in [1.54, 1.807) is 12.4 Å². The lowest BCUT2D eigenvalue weighted by atomic mass is 10.1. The van der Waals surface area contributed by atoms with E-state index in [9.17, 15) is 0 Å². The van der Waals surface area contributed by atoms with Crippen LogP contribution in [-0.2, 0) is 0 Å². The minimum atomic E-state index is 0.429. The molecule has 1 aliphatic rings. The van der Waals surface area contributed by atoms with Gasteiger partial charge >= 0.3 is 0 Å². The van der Waals surface area contributed by atoms with Crippen molar-refractivity contribution in [2.75, 3.05) is 6.54 Å². The minimum Gasteiger partial charge on any atom is -0.309 e. The molecule has 0 radical (unpaired) electrons. The van der Waals surface area contributed by atoms with Crippen molar-refractivity contribution in [1.82, 2.24) is 15.3 Å². The van der Waals surface area contributed by atoms with E-state index in [4.69, 9.17) is 0 Å². The third-order valence-electron chi connectivity index (χ3n) is 2.42. The summed E-state index contributed by atoms with van der Waals surface area (Å²) in [7, 11) is 0. The molecule has 13 heavy (non-hydrogen) atoms. The van der Waals surface area contributed by atoms with Crippen molar-refractivity contribution >= 4 is 0 Å². The zero-order valence-electron chi connectivity index (χ0n) is 7.90. The predicted molar refractivity (Wildman–Crippen MR) is 51.2 cm³/mol. The summed E-state index contributed by atoms with van der Waals surface area (Å²) in [6.07, 6.45) is 8.01. The summed E-state index contributed by atoms with van der Waals surface area (Å²) < 4.78 is 0. The Hall–Kier alpha value is -0.960. The number of nitrogens with one attached hydrogen (secondary N) is 1. The van der Waals surface area contributed by atoms with E-state index in [2.05, 4.69) is 22.2 Å². The third kappa shape index (κ3) is 2.04. The maximum Gasteiger partial charge on any atom is 0.0758 e. The Labute approximate surface area is 78.6 Å². The van der Waals surface area contributed by atoms with Crippen LogP contribution < -0.4 is 5.32 Å². The van der Waals surface area contributed by atoms with Crippen LogP contribution in [0.4, 0.5) is 0 Å². The van der Waals surface area contributed by atoms with Gasteiger partial charge < -0.3 is 5.32 Å². The predicted octanol–water partition coefficient (Wildman–Crippen LogP) is 1.54. The SMILES string of the molecule is CCNC(c1cnccn1)C1CC1. The van der Waals surface area contributed by atoms with Crippen molar-refractivity contribution in [2.45, 2.75) is 25.8 Å². The first kappa shape index (κ1) is 8.63. The summed E-state index contributed by atoms with van der Waals surface area (Å²) in [6, 6.07) is 0.429. The van der Waals surface area contributed by atoms with Gasteiger partial charge in [-0.15, -0.1) is 0 Å². The second-order valence-electron chi connectivity index (χ2n) is 3.50. The second-order valence-corrected chi connectivity index (χ2v) is 3.50. The van der Waals surface area contributed by atoms with E-state index in [1.807, 2.05) is 6.20 Å². The fourth-order valence-corrected chi connectivity index (χ4v) is 1.63. The molecule has 1 atom stereocenters. The van der Waals surface area contributed by atoms with E-state index in [0.717, 1.165) is 18.2 Å². The Balaban J connectivity index is 2.10. The molecule has 1 aromatic heterocycles. The van der Waals surface area contributed by atoms with Gasteiger partial charge in [-0.05, 0) is 25.3 Å². The topological polar surface area (TPSA) is 37.8 Å². The molecule has 1 heterocycles. The monoisotopic (exact) mass is 177 g/mol. The smallest absolute Gasteiger partial charge is 0.0758 e. The van der Waals surface area contributed by atoms with Gasteiger partial charge in [0.15, 0.2) is 0 Å². The zero-order chi connectivity index (χ0) is 9.10. The van der Waals surface area contributed by atoms with Gasteiger partial charge in [0.1, 0.15) is 0 Å².